The maximum absolute atomic E-state index is 8.97. The highest BCUT2D eigenvalue weighted by atomic mass is 32.2. The van der Waals surface area contributed by atoms with E-state index in [2.05, 4.69) is 10.1 Å². The monoisotopic (exact) mass is 231 g/mol. The molecular formula is C10H9N5S. The fraction of sp³-hybridized carbons (Fsp3) is 0.100. The molecule has 80 valence electrons. The summed E-state index contributed by atoms with van der Waals surface area (Å²) in [5.74, 6) is 0.933. The lowest BCUT2D eigenvalue weighted by molar-refractivity contribution is 0.819. The van der Waals surface area contributed by atoms with Gasteiger partial charge in [0.05, 0.1) is 0 Å². The molecule has 2 N–H and O–H groups in total. The molecule has 0 saturated heterocycles. The van der Waals surface area contributed by atoms with Crippen LogP contribution in [0.1, 0.15) is 5.56 Å². The standard InChI is InChI=1S/C10H9N5S/c1-16-10-7(6-11)9(12)15(14-10)8-4-2-3-5-13-8/h2-5H,12H2,1H3. The molecule has 0 amide bonds. The summed E-state index contributed by atoms with van der Waals surface area (Å²) in [4.78, 5) is 4.13. The number of thioether (sulfide) groups is 1. The van der Waals surface area contributed by atoms with Crippen LogP contribution < -0.4 is 5.73 Å². The lowest BCUT2D eigenvalue weighted by Crippen LogP contribution is -2.03. The summed E-state index contributed by atoms with van der Waals surface area (Å²) in [5, 5.41) is 13.8. The molecule has 0 fully saturated rings. The van der Waals surface area contributed by atoms with Crippen molar-refractivity contribution in [2.24, 2.45) is 0 Å². The number of pyridine rings is 1. The highest BCUT2D eigenvalue weighted by Crippen LogP contribution is 2.25. The van der Waals surface area contributed by atoms with Crippen molar-refractivity contribution < 1.29 is 0 Å². The van der Waals surface area contributed by atoms with Crippen molar-refractivity contribution in [3.63, 3.8) is 0 Å². The van der Waals surface area contributed by atoms with Gasteiger partial charge >= 0.3 is 0 Å². The SMILES string of the molecule is CSc1nn(-c2ccccn2)c(N)c1C#N. The van der Waals surface area contributed by atoms with Crippen LogP contribution in [-0.4, -0.2) is 21.0 Å². The van der Waals surface area contributed by atoms with Gasteiger partial charge in [0.15, 0.2) is 5.82 Å². The summed E-state index contributed by atoms with van der Waals surface area (Å²) in [6, 6.07) is 7.49. The molecule has 2 aromatic rings. The van der Waals surface area contributed by atoms with Gasteiger partial charge in [0.1, 0.15) is 22.5 Å². The van der Waals surface area contributed by atoms with Crippen molar-refractivity contribution in [3.8, 4) is 11.9 Å². The lowest BCUT2D eigenvalue weighted by Gasteiger charge is -2.00. The minimum absolute atomic E-state index is 0.325. The minimum Gasteiger partial charge on any atom is -0.382 e. The Morgan fingerprint density at radius 2 is 2.31 bits per heavy atom. The lowest BCUT2D eigenvalue weighted by atomic mass is 10.3. The minimum atomic E-state index is 0.325. The molecule has 0 aliphatic rings. The Balaban J connectivity index is 2.60. The first-order chi connectivity index (χ1) is 7.77. The van der Waals surface area contributed by atoms with E-state index in [-0.39, 0.29) is 0 Å². The molecule has 0 bridgehead atoms. The molecule has 0 unspecified atom stereocenters. The second kappa shape index (κ2) is 4.24. The van der Waals surface area contributed by atoms with E-state index in [1.807, 2.05) is 24.5 Å². The van der Waals surface area contributed by atoms with Crippen LogP contribution in [0, 0.1) is 11.3 Å². The van der Waals surface area contributed by atoms with E-state index < -0.39 is 0 Å². The fourth-order valence-corrected chi connectivity index (χ4v) is 1.83. The van der Waals surface area contributed by atoms with Crippen molar-refractivity contribution in [2.75, 3.05) is 12.0 Å². The number of hydrogen-bond acceptors (Lipinski definition) is 5. The molecule has 0 atom stereocenters. The second-order valence-electron chi connectivity index (χ2n) is 2.98. The highest BCUT2D eigenvalue weighted by Gasteiger charge is 2.15. The zero-order valence-corrected chi connectivity index (χ0v) is 9.40. The number of nitrogens with two attached hydrogens (primary N) is 1. The van der Waals surface area contributed by atoms with Gasteiger partial charge in [-0.1, -0.05) is 6.07 Å². The van der Waals surface area contributed by atoms with Gasteiger partial charge < -0.3 is 5.73 Å². The molecule has 6 heteroatoms. The van der Waals surface area contributed by atoms with E-state index in [0.29, 0.717) is 22.2 Å². The summed E-state index contributed by atoms with van der Waals surface area (Å²) in [6.45, 7) is 0. The Labute approximate surface area is 96.9 Å². The summed E-state index contributed by atoms with van der Waals surface area (Å²) in [6.07, 6.45) is 3.51. The maximum Gasteiger partial charge on any atom is 0.155 e. The molecule has 16 heavy (non-hydrogen) atoms. The van der Waals surface area contributed by atoms with Crippen LogP contribution >= 0.6 is 11.8 Å². The third-order valence-electron chi connectivity index (χ3n) is 2.06. The predicted molar refractivity (Wildman–Crippen MR) is 62.3 cm³/mol. The zero-order valence-electron chi connectivity index (χ0n) is 8.58. The van der Waals surface area contributed by atoms with E-state index >= 15 is 0 Å². The molecule has 2 rings (SSSR count). The number of nitriles is 1. The average molecular weight is 231 g/mol. The van der Waals surface area contributed by atoms with Gasteiger partial charge in [-0.3, -0.25) is 0 Å². The van der Waals surface area contributed by atoms with Crippen LogP contribution in [-0.2, 0) is 0 Å². The van der Waals surface area contributed by atoms with Crippen molar-refractivity contribution >= 4 is 17.6 Å². The average Bonchev–Trinajstić information content (AvgIpc) is 2.66. The Morgan fingerprint density at radius 1 is 1.50 bits per heavy atom. The van der Waals surface area contributed by atoms with Gasteiger partial charge in [-0.15, -0.1) is 11.8 Å². The zero-order chi connectivity index (χ0) is 11.5. The van der Waals surface area contributed by atoms with Gasteiger partial charge in [-0.05, 0) is 18.4 Å². The molecular weight excluding hydrogens is 222 g/mol. The van der Waals surface area contributed by atoms with Crippen molar-refractivity contribution in [2.45, 2.75) is 5.03 Å². The van der Waals surface area contributed by atoms with Gasteiger partial charge in [-0.2, -0.15) is 15.0 Å². The van der Waals surface area contributed by atoms with Gasteiger partial charge in [0.25, 0.3) is 0 Å². The van der Waals surface area contributed by atoms with Crippen molar-refractivity contribution in [1.29, 1.82) is 5.26 Å². The molecule has 2 heterocycles. The number of nitrogens with zero attached hydrogens (tertiary/aromatic N) is 4. The van der Waals surface area contributed by atoms with Crippen LogP contribution in [0.25, 0.3) is 5.82 Å². The van der Waals surface area contributed by atoms with E-state index in [1.165, 1.54) is 16.4 Å². The number of nitrogen functional groups attached to an aromatic ring is 1. The number of aromatic nitrogens is 3. The summed E-state index contributed by atoms with van der Waals surface area (Å²) >= 11 is 1.39. The van der Waals surface area contributed by atoms with Gasteiger partial charge in [0.2, 0.25) is 0 Å². The van der Waals surface area contributed by atoms with Gasteiger partial charge in [-0.25, -0.2) is 4.98 Å². The van der Waals surface area contributed by atoms with Crippen LogP contribution in [0.15, 0.2) is 29.4 Å². The predicted octanol–water partition coefficient (Wildman–Crippen LogP) is 1.44. The van der Waals surface area contributed by atoms with E-state index in [9.17, 15) is 0 Å². The second-order valence-corrected chi connectivity index (χ2v) is 3.78. The van der Waals surface area contributed by atoms with Crippen LogP contribution in [0.5, 0.6) is 0 Å². The number of anilines is 1. The van der Waals surface area contributed by atoms with E-state index in [0.717, 1.165) is 0 Å². The van der Waals surface area contributed by atoms with Crippen LogP contribution in [0.2, 0.25) is 0 Å². The molecule has 0 radical (unpaired) electrons. The normalized spacial score (nSPS) is 10.0. The first kappa shape index (κ1) is 10.5. The largest absolute Gasteiger partial charge is 0.382 e. The quantitative estimate of drug-likeness (QED) is 0.791. The molecule has 0 saturated carbocycles. The first-order valence-corrected chi connectivity index (χ1v) is 5.74. The van der Waals surface area contributed by atoms with Crippen LogP contribution in [0.4, 0.5) is 5.82 Å². The molecule has 0 aliphatic carbocycles. The van der Waals surface area contributed by atoms with Crippen molar-refractivity contribution in [3.05, 3.63) is 30.0 Å². The number of hydrogen-bond donors (Lipinski definition) is 1. The molecule has 0 aromatic carbocycles. The molecule has 0 spiro atoms. The van der Waals surface area contributed by atoms with E-state index in [1.54, 1.807) is 12.3 Å². The van der Waals surface area contributed by atoms with Crippen LogP contribution in [0.3, 0.4) is 0 Å². The maximum atomic E-state index is 8.97. The Kier molecular flexibility index (Phi) is 2.79. The first-order valence-electron chi connectivity index (χ1n) is 4.52. The summed E-state index contributed by atoms with van der Waals surface area (Å²) in [7, 11) is 0. The Hall–Kier alpha value is -2.00. The summed E-state index contributed by atoms with van der Waals surface area (Å²) < 4.78 is 1.48. The smallest absolute Gasteiger partial charge is 0.155 e. The molecule has 0 aliphatic heterocycles. The molecule has 5 nitrogen and oxygen atoms in total. The van der Waals surface area contributed by atoms with Gasteiger partial charge in [0, 0.05) is 6.20 Å². The van der Waals surface area contributed by atoms with E-state index in [4.69, 9.17) is 11.0 Å². The molecule has 2 aromatic heterocycles. The van der Waals surface area contributed by atoms with Crippen molar-refractivity contribution in [1.82, 2.24) is 14.8 Å². The third-order valence-corrected chi connectivity index (χ3v) is 2.73. The number of rotatable bonds is 2. The fourth-order valence-electron chi connectivity index (χ4n) is 1.31. The topological polar surface area (TPSA) is 80.5 Å². The highest BCUT2D eigenvalue weighted by molar-refractivity contribution is 7.98. The Morgan fingerprint density at radius 3 is 2.81 bits per heavy atom. The third kappa shape index (κ3) is 1.61. The summed E-state index contributed by atoms with van der Waals surface area (Å²) in [5.41, 5.74) is 6.25. The Bertz CT molecular complexity index is 540.